The van der Waals surface area contributed by atoms with Crippen LogP contribution in [0.25, 0.3) is 0 Å². The lowest BCUT2D eigenvalue weighted by molar-refractivity contribution is -0.119. The van der Waals surface area contributed by atoms with E-state index in [4.69, 9.17) is 11.5 Å². The number of carbonyl (C=O) groups is 1. The van der Waals surface area contributed by atoms with Crippen LogP contribution in [0.15, 0.2) is 22.7 Å². The number of halogens is 1. The van der Waals surface area contributed by atoms with Crippen LogP contribution in [0, 0.1) is 0 Å². The summed E-state index contributed by atoms with van der Waals surface area (Å²) in [6.07, 6.45) is 1.83. The molecule has 1 atom stereocenters. The molecule has 1 amide bonds. The molecule has 0 spiro atoms. The number of primary amides is 1. The molecule has 0 aliphatic carbocycles. The zero-order valence-corrected chi connectivity index (χ0v) is 11.1. The minimum atomic E-state index is -0.253. The third-order valence-electron chi connectivity index (χ3n) is 3.09. The molecule has 17 heavy (non-hydrogen) atoms. The average molecular weight is 298 g/mol. The van der Waals surface area contributed by atoms with Gasteiger partial charge in [0.2, 0.25) is 5.91 Å². The summed E-state index contributed by atoms with van der Waals surface area (Å²) in [5, 5.41) is 0. The Morgan fingerprint density at radius 1 is 1.47 bits per heavy atom. The number of rotatable bonds is 3. The molecule has 92 valence electrons. The van der Waals surface area contributed by atoms with Crippen molar-refractivity contribution in [3.63, 3.8) is 0 Å². The number of benzene rings is 1. The quantitative estimate of drug-likeness (QED) is 0.885. The lowest BCUT2D eigenvalue weighted by atomic mass is 10.1. The Morgan fingerprint density at radius 2 is 2.24 bits per heavy atom. The second-order valence-electron chi connectivity index (χ2n) is 4.28. The maximum Gasteiger partial charge on any atom is 0.240 e. The van der Waals surface area contributed by atoms with Gasteiger partial charge in [0.05, 0.1) is 0 Å². The third-order valence-corrected chi connectivity index (χ3v) is 3.55. The Bertz CT molecular complexity index is 436. The van der Waals surface area contributed by atoms with E-state index in [1.54, 1.807) is 0 Å². The van der Waals surface area contributed by atoms with Crippen molar-refractivity contribution in [3.8, 4) is 0 Å². The normalized spacial score (nSPS) is 19.6. The fraction of sp³-hybridized carbons (Fsp3) is 0.417. The molecule has 1 heterocycles. The minimum absolute atomic E-state index is 0.185. The third kappa shape index (κ3) is 2.61. The highest BCUT2D eigenvalue weighted by molar-refractivity contribution is 9.10. The lowest BCUT2D eigenvalue weighted by Gasteiger charge is -2.25. The molecule has 1 aromatic rings. The van der Waals surface area contributed by atoms with E-state index in [0.29, 0.717) is 6.54 Å². The standard InChI is InChI=1S/C12H16BrN3O/c13-9-4-8(7-14)5-10(6-9)16-3-1-2-11(16)12(15)17/h4-6,11H,1-3,7,14H2,(H2,15,17). The number of hydrogen-bond acceptors (Lipinski definition) is 3. The van der Waals surface area contributed by atoms with Crippen molar-refractivity contribution in [1.29, 1.82) is 0 Å². The minimum Gasteiger partial charge on any atom is -0.368 e. The highest BCUT2D eigenvalue weighted by Gasteiger charge is 2.29. The van der Waals surface area contributed by atoms with E-state index in [1.165, 1.54) is 0 Å². The van der Waals surface area contributed by atoms with Gasteiger partial charge in [-0.05, 0) is 36.6 Å². The summed E-state index contributed by atoms with van der Waals surface area (Å²) in [7, 11) is 0. The molecule has 4 nitrogen and oxygen atoms in total. The van der Waals surface area contributed by atoms with Crippen LogP contribution in [-0.4, -0.2) is 18.5 Å². The van der Waals surface area contributed by atoms with Gasteiger partial charge in [-0.3, -0.25) is 4.79 Å². The smallest absolute Gasteiger partial charge is 0.240 e. The summed E-state index contributed by atoms with van der Waals surface area (Å²) in [5.41, 5.74) is 13.1. The molecule has 0 saturated carbocycles. The summed E-state index contributed by atoms with van der Waals surface area (Å²) < 4.78 is 0.977. The van der Waals surface area contributed by atoms with Crippen LogP contribution < -0.4 is 16.4 Å². The van der Waals surface area contributed by atoms with Crippen molar-refractivity contribution in [3.05, 3.63) is 28.2 Å². The molecule has 5 heteroatoms. The molecule has 4 N–H and O–H groups in total. The maximum atomic E-state index is 11.4. The number of anilines is 1. The van der Waals surface area contributed by atoms with Gasteiger partial charge in [0, 0.05) is 23.2 Å². The van der Waals surface area contributed by atoms with Gasteiger partial charge >= 0.3 is 0 Å². The van der Waals surface area contributed by atoms with Crippen molar-refractivity contribution in [2.45, 2.75) is 25.4 Å². The molecular formula is C12H16BrN3O. The fourth-order valence-electron chi connectivity index (χ4n) is 2.29. The first-order chi connectivity index (χ1) is 8.11. The predicted octanol–water partition coefficient (Wildman–Crippen LogP) is 1.36. The molecule has 2 rings (SSSR count). The van der Waals surface area contributed by atoms with E-state index < -0.39 is 0 Å². The molecule has 1 fully saturated rings. The number of nitrogens with two attached hydrogens (primary N) is 2. The van der Waals surface area contributed by atoms with Crippen LogP contribution in [-0.2, 0) is 11.3 Å². The lowest BCUT2D eigenvalue weighted by Crippen LogP contribution is -2.40. The molecule has 1 saturated heterocycles. The average Bonchev–Trinajstić information content (AvgIpc) is 2.77. The molecule has 0 bridgehead atoms. The molecular weight excluding hydrogens is 282 g/mol. The monoisotopic (exact) mass is 297 g/mol. The number of carbonyl (C=O) groups excluding carboxylic acids is 1. The summed E-state index contributed by atoms with van der Waals surface area (Å²) in [5.74, 6) is -0.253. The fourth-order valence-corrected chi connectivity index (χ4v) is 2.82. The van der Waals surface area contributed by atoms with E-state index >= 15 is 0 Å². The second kappa shape index (κ2) is 5.06. The topological polar surface area (TPSA) is 72.3 Å². The van der Waals surface area contributed by atoms with Crippen molar-refractivity contribution in [1.82, 2.24) is 0 Å². The Balaban J connectivity index is 2.32. The van der Waals surface area contributed by atoms with Gasteiger partial charge in [-0.25, -0.2) is 0 Å². The maximum absolute atomic E-state index is 11.4. The van der Waals surface area contributed by atoms with Crippen LogP contribution in [0.4, 0.5) is 5.69 Å². The number of amides is 1. The van der Waals surface area contributed by atoms with E-state index in [9.17, 15) is 4.79 Å². The number of nitrogens with zero attached hydrogens (tertiary/aromatic N) is 1. The zero-order valence-electron chi connectivity index (χ0n) is 9.53. The molecule has 1 aliphatic rings. The SMILES string of the molecule is NCc1cc(Br)cc(N2CCCC2C(N)=O)c1. The van der Waals surface area contributed by atoms with Gasteiger partial charge < -0.3 is 16.4 Å². The van der Waals surface area contributed by atoms with Crippen LogP contribution in [0.3, 0.4) is 0 Å². The largest absolute Gasteiger partial charge is 0.368 e. The summed E-state index contributed by atoms with van der Waals surface area (Å²) >= 11 is 3.46. The Hall–Kier alpha value is -1.07. The molecule has 0 aromatic heterocycles. The van der Waals surface area contributed by atoms with Crippen LogP contribution in [0.2, 0.25) is 0 Å². The van der Waals surface area contributed by atoms with Crippen molar-refractivity contribution >= 4 is 27.5 Å². The summed E-state index contributed by atoms with van der Waals surface area (Å²) in [6.45, 7) is 1.36. The van der Waals surface area contributed by atoms with Crippen LogP contribution in [0.5, 0.6) is 0 Å². The summed E-state index contributed by atoms with van der Waals surface area (Å²) in [6, 6.07) is 5.82. The molecule has 1 unspecified atom stereocenters. The molecule has 1 aromatic carbocycles. The first kappa shape index (κ1) is 12.4. The van der Waals surface area contributed by atoms with E-state index in [2.05, 4.69) is 20.8 Å². The van der Waals surface area contributed by atoms with Gasteiger partial charge in [0.15, 0.2) is 0 Å². The van der Waals surface area contributed by atoms with Gasteiger partial charge in [0.25, 0.3) is 0 Å². The van der Waals surface area contributed by atoms with Crippen LogP contribution in [0.1, 0.15) is 18.4 Å². The van der Waals surface area contributed by atoms with Gasteiger partial charge in [-0.15, -0.1) is 0 Å². The predicted molar refractivity (Wildman–Crippen MR) is 71.6 cm³/mol. The highest BCUT2D eigenvalue weighted by Crippen LogP contribution is 2.29. The van der Waals surface area contributed by atoms with Crippen LogP contribution >= 0.6 is 15.9 Å². The first-order valence-electron chi connectivity index (χ1n) is 5.67. The zero-order chi connectivity index (χ0) is 12.4. The Labute approximate surface area is 109 Å². The molecule has 0 radical (unpaired) electrons. The van der Waals surface area contributed by atoms with Crippen molar-refractivity contribution in [2.24, 2.45) is 11.5 Å². The van der Waals surface area contributed by atoms with E-state index in [-0.39, 0.29) is 11.9 Å². The van der Waals surface area contributed by atoms with Gasteiger partial charge in [-0.1, -0.05) is 15.9 Å². The van der Waals surface area contributed by atoms with Crippen molar-refractivity contribution < 1.29 is 4.79 Å². The van der Waals surface area contributed by atoms with E-state index in [0.717, 1.165) is 35.1 Å². The Kier molecular flexibility index (Phi) is 3.69. The Morgan fingerprint density at radius 3 is 2.88 bits per heavy atom. The first-order valence-corrected chi connectivity index (χ1v) is 6.46. The number of hydrogen-bond donors (Lipinski definition) is 2. The van der Waals surface area contributed by atoms with E-state index in [1.807, 2.05) is 18.2 Å². The van der Waals surface area contributed by atoms with Gasteiger partial charge in [-0.2, -0.15) is 0 Å². The van der Waals surface area contributed by atoms with Crippen molar-refractivity contribution in [2.75, 3.05) is 11.4 Å². The highest BCUT2D eigenvalue weighted by atomic mass is 79.9. The molecule has 1 aliphatic heterocycles. The second-order valence-corrected chi connectivity index (χ2v) is 5.19. The summed E-state index contributed by atoms with van der Waals surface area (Å²) in [4.78, 5) is 13.4. The van der Waals surface area contributed by atoms with Gasteiger partial charge in [0.1, 0.15) is 6.04 Å².